The van der Waals surface area contributed by atoms with Crippen LogP contribution in [0, 0.1) is 17.3 Å². The molecule has 2 saturated carbocycles. The van der Waals surface area contributed by atoms with Crippen LogP contribution >= 0.6 is 0 Å². The second kappa shape index (κ2) is 7.28. The summed E-state index contributed by atoms with van der Waals surface area (Å²) in [7, 11) is 0. The van der Waals surface area contributed by atoms with E-state index in [1.54, 1.807) is 0 Å². The molecule has 0 radical (unpaired) electrons. The Bertz CT molecular complexity index is 510. The highest BCUT2D eigenvalue weighted by Crippen LogP contribution is 2.42. The molecule has 140 valence electrons. The smallest absolute Gasteiger partial charge is 0.230 e. The third-order valence-electron chi connectivity index (χ3n) is 7.48. The summed E-state index contributed by atoms with van der Waals surface area (Å²) in [5, 5.41) is 0. The molecule has 0 aromatic heterocycles. The first-order valence-corrected chi connectivity index (χ1v) is 10.8. The molecular formula is C21H34N2O2. The number of rotatable bonds is 4. The van der Waals surface area contributed by atoms with Crippen LogP contribution in [0.15, 0.2) is 0 Å². The molecule has 0 unspecified atom stereocenters. The van der Waals surface area contributed by atoms with Gasteiger partial charge in [-0.3, -0.25) is 9.59 Å². The first-order chi connectivity index (χ1) is 12.2. The second-order valence-corrected chi connectivity index (χ2v) is 9.11. The molecule has 1 spiro atoms. The van der Waals surface area contributed by atoms with Crippen molar-refractivity contribution in [1.29, 1.82) is 0 Å². The lowest BCUT2D eigenvalue weighted by Crippen LogP contribution is -2.51. The summed E-state index contributed by atoms with van der Waals surface area (Å²) >= 11 is 0. The minimum atomic E-state index is -0.246. The van der Waals surface area contributed by atoms with Crippen molar-refractivity contribution in [2.45, 2.75) is 77.0 Å². The Morgan fingerprint density at radius 3 is 2.48 bits per heavy atom. The molecule has 4 aliphatic rings. The van der Waals surface area contributed by atoms with E-state index in [1.807, 2.05) is 4.90 Å². The highest BCUT2D eigenvalue weighted by atomic mass is 16.2. The molecule has 0 aromatic carbocycles. The predicted molar refractivity (Wildman–Crippen MR) is 98.0 cm³/mol. The summed E-state index contributed by atoms with van der Waals surface area (Å²) in [6, 6.07) is 0. The van der Waals surface area contributed by atoms with Crippen molar-refractivity contribution in [2.24, 2.45) is 17.3 Å². The van der Waals surface area contributed by atoms with Crippen LogP contribution in [0.3, 0.4) is 0 Å². The number of hydrogen-bond donors (Lipinski definition) is 0. The van der Waals surface area contributed by atoms with Crippen molar-refractivity contribution in [1.82, 2.24) is 9.80 Å². The van der Waals surface area contributed by atoms with E-state index in [9.17, 15) is 9.59 Å². The van der Waals surface area contributed by atoms with Gasteiger partial charge in [0.25, 0.3) is 0 Å². The van der Waals surface area contributed by atoms with Gasteiger partial charge in [0.15, 0.2) is 0 Å². The van der Waals surface area contributed by atoms with Crippen LogP contribution < -0.4 is 0 Å². The number of likely N-dealkylation sites (tertiary alicyclic amines) is 2. The molecule has 4 heteroatoms. The van der Waals surface area contributed by atoms with Crippen LogP contribution in [0.5, 0.6) is 0 Å². The van der Waals surface area contributed by atoms with E-state index in [-0.39, 0.29) is 11.3 Å². The van der Waals surface area contributed by atoms with Crippen molar-refractivity contribution in [2.75, 3.05) is 26.2 Å². The number of hydrogen-bond acceptors (Lipinski definition) is 2. The van der Waals surface area contributed by atoms with E-state index in [0.29, 0.717) is 18.4 Å². The molecule has 2 saturated heterocycles. The molecule has 4 nitrogen and oxygen atoms in total. The van der Waals surface area contributed by atoms with Crippen molar-refractivity contribution < 1.29 is 9.59 Å². The van der Waals surface area contributed by atoms with E-state index < -0.39 is 0 Å². The maximum absolute atomic E-state index is 13.2. The lowest BCUT2D eigenvalue weighted by molar-refractivity contribution is -0.147. The van der Waals surface area contributed by atoms with Gasteiger partial charge < -0.3 is 9.80 Å². The van der Waals surface area contributed by atoms with Gasteiger partial charge in [0.1, 0.15) is 0 Å². The highest BCUT2D eigenvalue weighted by molar-refractivity contribution is 5.86. The lowest BCUT2D eigenvalue weighted by atomic mass is 9.77. The second-order valence-electron chi connectivity index (χ2n) is 9.11. The highest BCUT2D eigenvalue weighted by Gasteiger charge is 2.50. The van der Waals surface area contributed by atoms with Crippen LogP contribution in [-0.4, -0.2) is 47.8 Å². The van der Waals surface area contributed by atoms with Gasteiger partial charge in [0.05, 0.1) is 5.41 Å². The van der Waals surface area contributed by atoms with Gasteiger partial charge in [-0.1, -0.05) is 38.5 Å². The molecular weight excluding hydrogens is 312 g/mol. The van der Waals surface area contributed by atoms with Gasteiger partial charge in [-0.2, -0.15) is 0 Å². The zero-order chi connectivity index (χ0) is 17.3. The monoisotopic (exact) mass is 346 g/mol. The largest absolute Gasteiger partial charge is 0.342 e. The lowest BCUT2D eigenvalue weighted by Gasteiger charge is -2.40. The van der Waals surface area contributed by atoms with Crippen molar-refractivity contribution >= 4 is 11.8 Å². The maximum atomic E-state index is 13.2. The Morgan fingerprint density at radius 1 is 0.960 bits per heavy atom. The molecule has 1 atom stereocenters. The SMILES string of the molecule is O=C(C1CCC1)N1CC[C@@]2(CCCN(CCC3CCCCC3)C2=O)C1. The van der Waals surface area contributed by atoms with Gasteiger partial charge in [-0.15, -0.1) is 0 Å². The molecule has 25 heavy (non-hydrogen) atoms. The molecule has 2 amide bonds. The van der Waals surface area contributed by atoms with Crippen LogP contribution in [0.25, 0.3) is 0 Å². The molecule has 2 heterocycles. The average Bonchev–Trinajstić information content (AvgIpc) is 3.01. The van der Waals surface area contributed by atoms with E-state index in [0.717, 1.165) is 57.7 Å². The quantitative estimate of drug-likeness (QED) is 0.780. The first-order valence-electron chi connectivity index (χ1n) is 10.8. The number of amides is 2. The third kappa shape index (κ3) is 3.46. The van der Waals surface area contributed by atoms with Gasteiger partial charge in [-0.05, 0) is 44.4 Å². The Labute approximate surface area is 152 Å². The zero-order valence-corrected chi connectivity index (χ0v) is 15.7. The van der Waals surface area contributed by atoms with E-state index in [1.165, 1.54) is 44.9 Å². The zero-order valence-electron chi connectivity index (χ0n) is 15.7. The molecule has 0 aromatic rings. The Balaban J connectivity index is 1.34. The molecule has 4 rings (SSSR count). The fourth-order valence-electron chi connectivity index (χ4n) is 5.53. The topological polar surface area (TPSA) is 40.6 Å². The average molecular weight is 347 g/mol. The van der Waals surface area contributed by atoms with Crippen LogP contribution in [0.2, 0.25) is 0 Å². The van der Waals surface area contributed by atoms with Gasteiger partial charge in [-0.25, -0.2) is 0 Å². The fraction of sp³-hybridized carbons (Fsp3) is 0.905. The van der Waals surface area contributed by atoms with E-state index in [2.05, 4.69) is 4.90 Å². The van der Waals surface area contributed by atoms with Gasteiger partial charge >= 0.3 is 0 Å². The number of piperidine rings is 1. The van der Waals surface area contributed by atoms with Crippen molar-refractivity contribution in [3.63, 3.8) is 0 Å². The summed E-state index contributed by atoms with van der Waals surface area (Å²) in [4.78, 5) is 30.0. The Kier molecular flexibility index (Phi) is 5.06. The van der Waals surface area contributed by atoms with E-state index >= 15 is 0 Å². The normalized spacial score (nSPS) is 31.6. The van der Waals surface area contributed by atoms with Crippen LogP contribution in [-0.2, 0) is 9.59 Å². The fourth-order valence-corrected chi connectivity index (χ4v) is 5.53. The minimum Gasteiger partial charge on any atom is -0.342 e. The molecule has 4 fully saturated rings. The first kappa shape index (κ1) is 17.4. The number of nitrogens with zero attached hydrogens (tertiary/aromatic N) is 2. The summed E-state index contributed by atoms with van der Waals surface area (Å²) in [6.45, 7) is 3.38. The number of carbonyl (C=O) groups excluding carboxylic acids is 2. The third-order valence-corrected chi connectivity index (χ3v) is 7.48. The minimum absolute atomic E-state index is 0.246. The predicted octanol–water partition coefficient (Wildman–Crippen LogP) is 3.60. The van der Waals surface area contributed by atoms with Gasteiger partial charge in [0, 0.05) is 32.1 Å². The van der Waals surface area contributed by atoms with Crippen LogP contribution in [0.4, 0.5) is 0 Å². The Hall–Kier alpha value is -1.06. The standard InChI is InChI=1S/C21H34N2O2/c24-19(18-8-4-9-18)23-15-12-21(16-23)11-5-13-22(20(21)25)14-10-17-6-2-1-3-7-17/h17-18H,1-16H2/t21-/m0/s1. The summed E-state index contributed by atoms with van der Waals surface area (Å²) in [6.07, 6.45) is 14.4. The molecule has 0 N–H and O–H groups in total. The molecule has 2 aliphatic carbocycles. The summed E-state index contributed by atoms with van der Waals surface area (Å²) in [5.74, 6) is 1.78. The van der Waals surface area contributed by atoms with Crippen LogP contribution in [0.1, 0.15) is 77.0 Å². The number of carbonyl (C=O) groups is 2. The van der Waals surface area contributed by atoms with Crippen molar-refractivity contribution in [3.05, 3.63) is 0 Å². The van der Waals surface area contributed by atoms with E-state index in [4.69, 9.17) is 0 Å². The van der Waals surface area contributed by atoms with Crippen molar-refractivity contribution in [3.8, 4) is 0 Å². The molecule has 2 aliphatic heterocycles. The Morgan fingerprint density at radius 2 is 1.76 bits per heavy atom. The van der Waals surface area contributed by atoms with Gasteiger partial charge in [0.2, 0.25) is 11.8 Å². The summed E-state index contributed by atoms with van der Waals surface area (Å²) in [5.41, 5.74) is -0.246. The maximum Gasteiger partial charge on any atom is 0.230 e. The molecule has 0 bridgehead atoms. The summed E-state index contributed by atoms with van der Waals surface area (Å²) < 4.78 is 0.